The summed E-state index contributed by atoms with van der Waals surface area (Å²) in [6, 6.07) is 3.89. The Bertz CT molecular complexity index is 422. The first-order valence-corrected chi connectivity index (χ1v) is 4.87. The molecule has 1 aromatic carbocycles. The van der Waals surface area contributed by atoms with Crippen molar-refractivity contribution in [1.82, 2.24) is 5.32 Å². The van der Waals surface area contributed by atoms with E-state index in [1.807, 2.05) is 0 Å². The number of nitrogens with one attached hydrogen (secondary N) is 1. The summed E-state index contributed by atoms with van der Waals surface area (Å²) in [6.45, 7) is 0.132. The monoisotopic (exact) mass is 244 g/mol. The molecule has 0 aliphatic carbocycles. The van der Waals surface area contributed by atoms with Gasteiger partial charge in [0.2, 0.25) is 5.91 Å². The van der Waals surface area contributed by atoms with Gasteiger partial charge in [-0.2, -0.15) is 0 Å². The van der Waals surface area contributed by atoms with Crippen molar-refractivity contribution >= 4 is 23.2 Å². The van der Waals surface area contributed by atoms with Gasteiger partial charge >= 0.3 is 5.69 Å². The molecule has 0 aliphatic rings. The van der Waals surface area contributed by atoms with Crippen molar-refractivity contribution in [3.63, 3.8) is 0 Å². The molecule has 0 spiro atoms. The Hall–Kier alpha value is -1.82. The maximum absolute atomic E-state index is 10.8. The number of rotatable bonds is 4. The standard InChI is InChI=1S/C9H9ClN2O4/c10-4-9(14)11-5-6-1-2-8(13)7(3-6)12(15)16/h1-3,13H,4-5H2,(H,11,14). The smallest absolute Gasteiger partial charge is 0.311 e. The SMILES string of the molecule is O=C(CCl)NCc1ccc(O)c([N+](=O)[O-])c1. The van der Waals surface area contributed by atoms with Gasteiger partial charge in [-0.1, -0.05) is 6.07 Å². The van der Waals surface area contributed by atoms with Crippen LogP contribution < -0.4 is 5.32 Å². The van der Waals surface area contributed by atoms with Crippen LogP contribution in [0.4, 0.5) is 5.69 Å². The minimum absolute atomic E-state index is 0.132. The summed E-state index contributed by atoms with van der Waals surface area (Å²) in [4.78, 5) is 20.7. The van der Waals surface area contributed by atoms with Crippen molar-refractivity contribution < 1.29 is 14.8 Å². The van der Waals surface area contributed by atoms with Crippen molar-refractivity contribution in [3.8, 4) is 5.75 Å². The lowest BCUT2D eigenvalue weighted by Crippen LogP contribution is -2.23. The fourth-order valence-corrected chi connectivity index (χ4v) is 1.17. The molecule has 1 amide bonds. The van der Waals surface area contributed by atoms with E-state index < -0.39 is 16.4 Å². The van der Waals surface area contributed by atoms with E-state index in [4.69, 9.17) is 11.6 Å². The number of amides is 1. The summed E-state index contributed by atoms with van der Waals surface area (Å²) >= 11 is 5.26. The summed E-state index contributed by atoms with van der Waals surface area (Å²) in [7, 11) is 0. The number of carbonyl (C=O) groups is 1. The van der Waals surface area contributed by atoms with Crippen LogP contribution >= 0.6 is 11.6 Å². The number of hydrogen-bond acceptors (Lipinski definition) is 4. The van der Waals surface area contributed by atoms with E-state index in [1.165, 1.54) is 18.2 Å². The minimum Gasteiger partial charge on any atom is -0.502 e. The lowest BCUT2D eigenvalue weighted by molar-refractivity contribution is -0.385. The van der Waals surface area contributed by atoms with Gasteiger partial charge in [0.1, 0.15) is 5.88 Å². The second-order valence-corrected chi connectivity index (χ2v) is 3.26. The first kappa shape index (κ1) is 12.3. The Morgan fingerprint density at radius 2 is 2.25 bits per heavy atom. The van der Waals surface area contributed by atoms with Gasteiger partial charge < -0.3 is 10.4 Å². The highest BCUT2D eigenvalue weighted by Gasteiger charge is 2.13. The lowest BCUT2D eigenvalue weighted by Gasteiger charge is -2.03. The van der Waals surface area contributed by atoms with Crippen LogP contribution in [0.15, 0.2) is 18.2 Å². The summed E-state index contributed by atoms with van der Waals surface area (Å²) in [6.07, 6.45) is 0. The van der Waals surface area contributed by atoms with Gasteiger partial charge in [-0.15, -0.1) is 11.6 Å². The van der Waals surface area contributed by atoms with Crippen LogP contribution in [0.1, 0.15) is 5.56 Å². The number of benzene rings is 1. The Balaban J connectivity index is 2.79. The highest BCUT2D eigenvalue weighted by molar-refractivity contribution is 6.27. The molecule has 0 aromatic heterocycles. The van der Waals surface area contributed by atoms with E-state index in [0.29, 0.717) is 5.56 Å². The molecule has 6 nitrogen and oxygen atoms in total. The van der Waals surface area contributed by atoms with Crippen molar-refractivity contribution in [2.45, 2.75) is 6.54 Å². The summed E-state index contributed by atoms with van der Waals surface area (Å²) in [5, 5.41) is 22.1. The van der Waals surface area contributed by atoms with Gasteiger partial charge in [0.05, 0.1) is 4.92 Å². The molecular formula is C9H9ClN2O4. The number of aromatic hydroxyl groups is 1. The second-order valence-electron chi connectivity index (χ2n) is 2.99. The fourth-order valence-electron chi connectivity index (χ4n) is 1.07. The molecule has 1 rings (SSSR count). The first-order valence-electron chi connectivity index (χ1n) is 4.33. The normalized spacial score (nSPS) is 9.81. The van der Waals surface area contributed by atoms with E-state index in [-0.39, 0.29) is 18.3 Å². The predicted molar refractivity (Wildman–Crippen MR) is 57.3 cm³/mol. The molecule has 2 N–H and O–H groups in total. The van der Waals surface area contributed by atoms with Gasteiger partial charge in [0, 0.05) is 12.6 Å². The third-order valence-corrected chi connectivity index (χ3v) is 2.09. The van der Waals surface area contributed by atoms with E-state index in [2.05, 4.69) is 5.32 Å². The molecule has 1 aromatic rings. The number of phenols is 1. The Labute approximate surface area is 96.0 Å². The van der Waals surface area contributed by atoms with Crippen LogP contribution in [0, 0.1) is 10.1 Å². The fraction of sp³-hybridized carbons (Fsp3) is 0.222. The van der Waals surface area contributed by atoms with E-state index in [9.17, 15) is 20.0 Å². The molecule has 0 unspecified atom stereocenters. The van der Waals surface area contributed by atoms with Crippen LogP contribution in [0.3, 0.4) is 0 Å². The van der Waals surface area contributed by atoms with Crippen LogP contribution in [0.2, 0.25) is 0 Å². The number of nitro benzene ring substituents is 1. The van der Waals surface area contributed by atoms with Gasteiger partial charge in [0.15, 0.2) is 5.75 Å². The lowest BCUT2D eigenvalue weighted by atomic mass is 10.2. The maximum atomic E-state index is 10.8. The Morgan fingerprint density at radius 3 is 2.81 bits per heavy atom. The highest BCUT2D eigenvalue weighted by atomic mass is 35.5. The summed E-state index contributed by atoms with van der Waals surface area (Å²) in [5.41, 5.74) is 0.126. The number of phenolic OH excluding ortho intramolecular Hbond substituents is 1. The molecule has 16 heavy (non-hydrogen) atoms. The van der Waals surface area contributed by atoms with Crippen LogP contribution in [-0.4, -0.2) is 21.8 Å². The molecule has 0 radical (unpaired) electrons. The molecule has 0 heterocycles. The first-order chi connectivity index (χ1) is 7.54. The molecule has 0 fully saturated rings. The number of carbonyl (C=O) groups excluding carboxylic acids is 1. The number of alkyl halides is 1. The van der Waals surface area contributed by atoms with E-state index >= 15 is 0 Å². The van der Waals surface area contributed by atoms with Crippen LogP contribution in [-0.2, 0) is 11.3 Å². The molecule has 0 atom stereocenters. The topological polar surface area (TPSA) is 92.5 Å². The van der Waals surface area contributed by atoms with Crippen molar-refractivity contribution in [2.24, 2.45) is 0 Å². The van der Waals surface area contributed by atoms with Crippen molar-refractivity contribution in [3.05, 3.63) is 33.9 Å². The molecule has 86 valence electrons. The number of hydrogen-bond donors (Lipinski definition) is 2. The molecule has 0 bridgehead atoms. The molecule has 7 heteroatoms. The van der Waals surface area contributed by atoms with Crippen molar-refractivity contribution in [1.29, 1.82) is 0 Å². The average Bonchev–Trinajstić information content (AvgIpc) is 2.27. The highest BCUT2D eigenvalue weighted by Crippen LogP contribution is 2.26. The van der Waals surface area contributed by atoms with Gasteiger partial charge in [-0.25, -0.2) is 0 Å². The van der Waals surface area contributed by atoms with E-state index in [0.717, 1.165) is 0 Å². The number of nitrogens with zero attached hydrogens (tertiary/aromatic N) is 1. The summed E-state index contributed by atoms with van der Waals surface area (Å²) in [5.74, 6) is -0.935. The zero-order valence-corrected chi connectivity index (χ0v) is 8.90. The van der Waals surface area contributed by atoms with Gasteiger partial charge in [0.25, 0.3) is 0 Å². The molecule has 0 saturated heterocycles. The molecule has 0 aliphatic heterocycles. The average molecular weight is 245 g/mol. The van der Waals surface area contributed by atoms with Crippen LogP contribution in [0.25, 0.3) is 0 Å². The second kappa shape index (κ2) is 5.32. The van der Waals surface area contributed by atoms with Gasteiger partial charge in [-0.3, -0.25) is 14.9 Å². The zero-order valence-electron chi connectivity index (χ0n) is 8.14. The molecular weight excluding hydrogens is 236 g/mol. The largest absolute Gasteiger partial charge is 0.502 e. The zero-order chi connectivity index (χ0) is 12.1. The van der Waals surface area contributed by atoms with E-state index in [1.54, 1.807) is 0 Å². The Morgan fingerprint density at radius 1 is 1.56 bits per heavy atom. The maximum Gasteiger partial charge on any atom is 0.311 e. The Kier molecular flexibility index (Phi) is 4.07. The minimum atomic E-state index is -0.692. The quantitative estimate of drug-likeness (QED) is 0.472. The van der Waals surface area contributed by atoms with Crippen LogP contribution in [0.5, 0.6) is 5.75 Å². The number of nitro groups is 1. The third kappa shape index (κ3) is 3.09. The number of halogens is 1. The third-order valence-electron chi connectivity index (χ3n) is 1.85. The van der Waals surface area contributed by atoms with Gasteiger partial charge in [-0.05, 0) is 11.6 Å². The summed E-state index contributed by atoms with van der Waals surface area (Å²) < 4.78 is 0. The van der Waals surface area contributed by atoms with Crippen molar-refractivity contribution in [2.75, 3.05) is 5.88 Å². The predicted octanol–water partition coefficient (Wildman–Crippen LogP) is 1.16. The molecule has 0 saturated carbocycles.